The Kier molecular flexibility index (Phi) is 11.5. The maximum absolute atomic E-state index is 5.12. The minimum atomic E-state index is 0. The number of ether oxygens (including phenoxy) is 1. The van der Waals surface area contributed by atoms with Crippen molar-refractivity contribution in [1.82, 2.24) is 25.4 Å². The lowest BCUT2D eigenvalue weighted by Crippen LogP contribution is -2.43. The number of hydrogen-bond acceptors (Lipinski definition) is 5. The smallest absolute Gasteiger partial charge is 0.191 e. The van der Waals surface area contributed by atoms with Crippen molar-refractivity contribution in [2.45, 2.75) is 57.4 Å². The lowest BCUT2D eigenvalue weighted by molar-refractivity contribution is 0.195. The van der Waals surface area contributed by atoms with Gasteiger partial charge in [-0.05, 0) is 38.4 Å². The fourth-order valence-electron chi connectivity index (χ4n) is 2.97. The molecule has 0 aliphatic heterocycles. The van der Waals surface area contributed by atoms with Crippen molar-refractivity contribution in [3.63, 3.8) is 0 Å². The van der Waals surface area contributed by atoms with Gasteiger partial charge in [-0.3, -0.25) is 0 Å². The van der Waals surface area contributed by atoms with Crippen LogP contribution in [-0.2, 0) is 18.3 Å². The molecule has 1 aliphatic rings. The molecule has 2 rings (SSSR count). The molecular formula is C17H33IN6OS. The second-order valence-corrected chi connectivity index (χ2v) is 7.97. The van der Waals surface area contributed by atoms with Gasteiger partial charge in [0.05, 0.1) is 0 Å². The van der Waals surface area contributed by atoms with Gasteiger partial charge in [-0.2, -0.15) is 11.8 Å². The fourth-order valence-corrected chi connectivity index (χ4v) is 4.11. The molecule has 0 bridgehead atoms. The fraction of sp³-hybridized carbons (Fsp3) is 0.824. The van der Waals surface area contributed by atoms with E-state index >= 15 is 0 Å². The number of guanidine groups is 1. The van der Waals surface area contributed by atoms with Crippen LogP contribution in [0.2, 0.25) is 0 Å². The summed E-state index contributed by atoms with van der Waals surface area (Å²) < 4.78 is 7.10. The third kappa shape index (κ3) is 7.59. The average Bonchev–Trinajstić information content (AvgIpc) is 3.17. The van der Waals surface area contributed by atoms with Crippen LogP contribution in [0.3, 0.4) is 0 Å². The number of aromatic nitrogens is 3. The van der Waals surface area contributed by atoms with Gasteiger partial charge in [0.25, 0.3) is 0 Å². The van der Waals surface area contributed by atoms with E-state index in [-0.39, 0.29) is 24.0 Å². The van der Waals surface area contributed by atoms with Gasteiger partial charge in [0, 0.05) is 38.6 Å². The Labute approximate surface area is 178 Å². The first-order valence-electron chi connectivity index (χ1n) is 9.14. The van der Waals surface area contributed by atoms with Crippen LogP contribution in [0, 0.1) is 6.92 Å². The lowest BCUT2D eigenvalue weighted by Gasteiger charge is -2.18. The summed E-state index contributed by atoms with van der Waals surface area (Å²) in [5.74, 6) is 3.84. The van der Waals surface area contributed by atoms with Gasteiger partial charge in [0.15, 0.2) is 11.8 Å². The van der Waals surface area contributed by atoms with Crippen molar-refractivity contribution in [3.8, 4) is 0 Å². The molecule has 2 unspecified atom stereocenters. The highest BCUT2D eigenvalue weighted by atomic mass is 127. The molecule has 1 aliphatic carbocycles. The van der Waals surface area contributed by atoms with Crippen molar-refractivity contribution in [2.24, 2.45) is 12.0 Å². The lowest BCUT2D eigenvalue weighted by atomic mass is 10.2. The van der Waals surface area contributed by atoms with Crippen molar-refractivity contribution < 1.29 is 4.74 Å². The first-order valence-corrected chi connectivity index (χ1v) is 10.2. The van der Waals surface area contributed by atoms with Crippen LogP contribution in [-0.4, -0.2) is 58.0 Å². The van der Waals surface area contributed by atoms with Crippen molar-refractivity contribution in [3.05, 3.63) is 11.6 Å². The standard InChI is InChI=1S/C17H32N6OS.HI/c1-5-25-15-8-7-14(11-15)20-17(18-9-6-10-24-4)19-12-16-22-21-13(2)23(16)3;/h14-15H,5-12H2,1-4H3,(H2,18,19,20);1H. The number of nitrogens with one attached hydrogen (secondary N) is 2. The summed E-state index contributed by atoms with van der Waals surface area (Å²) in [7, 11) is 3.70. The highest BCUT2D eigenvalue weighted by Crippen LogP contribution is 2.29. The van der Waals surface area contributed by atoms with E-state index in [1.54, 1.807) is 7.11 Å². The largest absolute Gasteiger partial charge is 0.385 e. The topological polar surface area (TPSA) is 76.4 Å². The number of methoxy groups -OCH3 is 1. The van der Waals surface area contributed by atoms with Crippen molar-refractivity contribution in [2.75, 3.05) is 26.0 Å². The van der Waals surface area contributed by atoms with Gasteiger partial charge in [0.1, 0.15) is 12.4 Å². The summed E-state index contributed by atoms with van der Waals surface area (Å²) >= 11 is 2.07. The maximum Gasteiger partial charge on any atom is 0.191 e. The molecule has 1 aromatic rings. The second-order valence-electron chi connectivity index (χ2n) is 6.39. The second kappa shape index (κ2) is 12.8. The van der Waals surface area contributed by atoms with E-state index in [4.69, 9.17) is 9.73 Å². The number of hydrogen-bond donors (Lipinski definition) is 2. The highest BCUT2D eigenvalue weighted by molar-refractivity contribution is 14.0. The molecule has 9 heteroatoms. The molecule has 2 N–H and O–H groups in total. The number of nitrogens with zero attached hydrogens (tertiary/aromatic N) is 4. The minimum Gasteiger partial charge on any atom is -0.385 e. The molecule has 0 spiro atoms. The molecule has 26 heavy (non-hydrogen) atoms. The van der Waals surface area contributed by atoms with E-state index in [1.165, 1.54) is 25.0 Å². The Morgan fingerprint density at radius 3 is 2.85 bits per heavy atom. The summed E-state index contributed by atoms with van der Waals surface area (Å²) in [6, 6.07) is 0.499. The minimum absolute atomic E-state index is 0. The van der Waals surface area contributed by atoms with Gasteiger partial charge in [-0.1, -0.05) is 6.92 Å². The van der Waals surface area contributed by atoms with Crippen LogP contribution < -0.4 is 10.6 Å². The summed E-state index contributed by atoms with van der Waals surface area (Å²) in [4.78, 5) is 4.72. The Bertz CT molecular complexity index is 553. The zero-order valence-electron chi connectivity index (χ0n) is 16.3. The number of rotatable bonds is 9. The predicted octanol–water partition coefficient (Wildman–Crippen LogP) is 2.49. The van der Waals surface area contributed by atoms with Crippen molar-refractivity contribution >= 4 is 41.7 Å². The molecule has 0 amide bonds. The highest BCUT2D eigenvalue weighted by Gasteiger charge is 2.25. The molecule has 2 atom stereocenters. The van der Waals surface area contributed by atoms with Crippen LogP contribution in [0.1, 0.15) is 44.3 Å². The average molecular weight is 496 g/mol. The molecule has 1 saturated carbocycles. The van der Waals surface area contributed by atoms with Gasteiger partial charge in [0.2, 0.25) is 0 Å². The van der Waals surface area contributed by atoms with Crippen LogP contribution in [0.5, 0.6) is 0 Å². The summed E-state index contributed by atoms with van der Waals surface area (Å²) in [6.45, 7) is 6.31. The third-order valence-electron chi connectivity index (χ3n) is 4.51. The van der Waals surface area contributed by atoms with Gasteiger partial charge in [-0.25, -0.2) is 4.99 Å². The van der Waals surface area contributed by atoms with Gasteiger partial charge in [-0.15, -0.1) is 34.2 Å². The predicted molar refractivity (Wildman–Crippen MR) is 119 cm³/mol. The van der Waals surface area contributed by atoms with E-state index < -0.39 is 0 Å². The molecule has 150 valence electrons. The molecule has 1 heterocycles. The molecule has 1 fully saturated rings. The van der Waals surface area contributed by atoms with Gasteiger partial charge < -0.3 is 19.9 Å². The summed E-state index contributed by atoms with van der Waals surface area (Å²) in [5, 5.41) is 16.1. The number of aliphatic imine (C=N–C) groups is 1. The Hall–Kier alpha value is -0.550. The number of halogens is 1. The Balaban J connectivity index is 0.00000338. The van der Waals surface area contributed by atoms with Gasteiger partial charge >= 0.3 is 0 Å². The van der Waals surface area contributed by atoms with E-state index in [9.17, 15) is 0 Å². The Morgan fingerprint density at radius 2 is 2.19 bits per heavy atom. The van der Waals surface area contributed by atoms with E-state index in [1.807, 2.05) is 18.5 Å². The first kappa shape index (κ1) is 23.5. The van der Waals surface area contributed by atoms with Crippen LogP contribution in [0.4, 0.5) is 0 Å². The van der Waals surface area contributed by atoms with Crippen molar-refractivity contribution in [1.29, 1.82) is 0 Å². The van der Waals surface area contributed by atoms with E-state index in [2.05, 4.69) is 39.5 Å². The van der Waals surface area contributed by atoms with Crippen LogP contribution >= 0.6 is 35.7 Å². The number of thioether (sulfide) groups is 1. The zero-order valence-corrected chi connectivity index (χ0v) is 19.5. The Morgan fingerprint density at radius 1 is 1.38 bits per heavy atom. The normalized spacial score (nSPS) is 20.1. The molecule has 7 nitrogen and oxygen atoms in total. The van der Waals surface area contributed by atoms with Crippen LogP contribution in [0.25, 0.3) is 0 Å². The number of aryl methyl sites for hydroxylation is 1. The third-order valence-corrected chi connectivity index (χ3v) is 5.74. The SMILES string of the molecule is CCSC1CCC(NC(=NCc2nnc(C)n2C)NCCCOC)C1.I. The summed E-state index contributed by atoms with van der Waals surface area (Å²) in [6.07, 6.45) is 4.66. The maximum atomic E-state index is 5.12. The molecule has 0 radical (unpaired) electrons. The molecule has 0 saturated heterocycles. The monoisotopic (exact) mass is 496 g/mol. The zero-order chi connectivity index (χ0) is 18.1. The molecule has 0 aromatic carbocycles. The van der Waals surface area contributed by atoms with E-state index in [0.29, 0.717) is 12.6 Å². The van der Waals surface area contributed by atoms with E-state index in [0.717, 1.165) is 42.4 Å². The first-order chi connectivity index (χ1) is 12.1. The molecular weight excluding hydrogens is 463 g/mol. The quantitative estimate of drug-likeness (QED) is 0.237. The summed E-state index contributed by atoms with van der Waals surface area (Å²) in [5.41, 5.74) is 0. The molecule has 1 aromatic heterocycles. The van der Waals surface area contributed by atoms with Crippen LogP contribution in [0.15, 0.2) is 4.99 Å².